The first-order valence-electron chi connectivity index (χ1n) is 8.12. The third-order valence-corrected chi connectivity index (χ3v) is 5.65. The van der Waals surface area contributed by atoms with Gasteiger partial charge in [-0.15, -0.1) is 0 Å². The molecular formula is C18H24NO4+. The normalized spacial score (nSPS) is 31.4. The van der Waals surface area contributed by atoms with Gasteiger partial charge in [-0.1, -0.05) is 18.2 Å². The summed E-state index contributed by atoms with van der Waals surface area (Å²) in [6, 6.07) is 9.50. The maximum absolute atomic E-state index is 12.4. The van der Waals surface area contributed by atoms with E-state index in [-0.39, 0.29) is 23.9 Å². The first-order valence-corrected chi connectivity index (χ1v) is 8.12. The summed E-state index contributed by atoms with van der Waals surface area (Å²) in [4.78, 5) is 24.7. The van der Waals surface area contributed by atoms with Crippen molar-refractivity contribution >= 4 is 11.9 Å². The van der Waals surface area contributed by atoms with Crippen molar-refractivity contribution in [3.05, 3.63) is 35.9 Å². The highest BCUT2D eigenvalue weighted by atomic mass is 16.6. The highest BCUT2D eigenvalue weighted by Gasteiger charge is 2.58. The van der Waals surface area contributed by atoms with Crippen LogP contribution in [0.3, 0.4) is 0 Å². The van der Waals surface area contributed by atoms with Crippen LogP contribution in [0.4, 0.5) is 0 Å². The van der Waals surface area contributed by atoms with Crippen LogP contribution >= 0.6 is 0 Å². The van der Waals surface area contributed by atoms with Gasteiger partial charge >= 0.3 is 11.9 Å². The summed E-state index contributed by atoms with van der Waals surface area (Å²) < 4.78 is 11.6. The fourth-order valence-corrected chi connectivity index (χ4v) is 4.29. The molecule has 2 heterocycles. The Morgan fingerprint density at radius 2 is 1.83 bits per heavy atom. The van der Waals surface area contributed by atoms with Gasteiger partial charge in [0.25, 0.3) is 0 Å². The largest absolute Gasteiger partial charge is 0.469 e. The predicted octanol–water partition coefficient (Wildman–Crippen LogP) is 2.01. The van der Waals surface area contributed by atoms with Crippen molar-refractivity contribution in [2.45, 2.75) is 37.5 Å². The third kappa shape index (κ3) is 2.74. The van der Waals surface area contributed by atoms with Crippen molar-refractivity contribution in [1.82, 2.24) is 0 Å². The van der Waals surface area contributed by atoms with E-state index >= 15 is 0 Å². The van der Waals surface area contributed by atoms with Gasteiger partial charge in [-0.2, -0.15) is 0 Å². The number of methoxy groups -OCH3 is 1. The number of rotatable bonds is 3. The molecule has 3 rings (SSSR count). The second-order valence-electron chi connectivity index (χ2n) is 7.02. The van der Waals surface area contributed by atoms with Crippen LogP contribution in [0.5, 0.6) is 0 Å². The molecule has 0 aliphatic carbocycles. The fourth-order valence-electron chi connectivity index (χ4n) is 4.29. The van der Waals surface area contributed by atoms with E-state index in [0.717, 1.165) is 17.3 Å². The first kappa shape index (κ1) is 16.0. The van der Waals surface area contributed by atoms with Crippen molar-refractivity contribution in [2.75, 3.05) is 21.2 Å². The summed E-state index contributed by atoms with van der Waals surface area (Å²) in [5.74, 6) is -1.02. The lowest BCUT2D eigenvalue weighted by Crippen LogP contribution is -2.62. The van der Waals surface area contributed by atoms with Gasteiger partial charge in [-0.05, 0) is 12.1 Å². The molecule has 0 radical (unpaired) electrons. The number of hydrogen-bond donors (Lipinski definition) is 0. The van der Waals surface area contributed by atoms with E-state index in [1.165, 1.54) is 7.11 Å². The van der Waals surface area contributed by atoms with Gasteiger partial charge in [0.15, 0.2) is 0 Å². The van der Waals surface area contributed by atoms with E-state index in [0.29, 0.717) is 18.0 Å². The Bertz CT molecular complexity index is 598. The lowest BCUT2D eigenvalue weighted by Gasteiger charge is -2.47. The van der Waals surface area contributed by atoms with Gasteiger partial charge < -0.3 is 14.0 Å². The van der Waals surface area contributed by atoms with Gasteiger partial charge in [0.2, 0.25) is 0 Å². The lowest BCUT2D eigenvalue weighted by atomic mass is 9.85. The minimum Gasteiger partial charge on any atom is -0.469 e. The van der Waals surface area contributed by atoms with Crippen molar-refractivity contribution in [1.29, 1.82) is 0 Å². The number of hydrogen-bond acceptors (Lipinski definition) is 4. The zero-order chi connectivity index (χ0) is 16.6. The van der Waals surface area contributed by atoms with Crippen molar-refractivity contribution in [3.63, 3.8) is 0 Å². The zero-order valence-electron chi connectivity index (χ0n) is 13.9. The fraction of sp³-hybridized carbons (Fsp3) is 0.556. The smallest absolute Gasteiger partial charge is 0.338 e. The number of ether oxygens (including phenoxy) is 2. The highest BCUT2D eigenvalue weighted by Crippen LogP contribution is 2.44. The van der Waals surface area contributed by atoms with E-state index in [1.807, 2.05) is 6.07 Å². The molecule has 2 fully saturated rings. The van der Waals surface area contributed by atoms with Gasteiger partial charge in [0.05, 0.1) is 32.8 Å². The standard InChI is InChI=1S/C18H24NO4/c1-19(2)13-9-10-14(19)16(18(21)22-3)15(11-13)23-17(20)12-7-5-4-6-8-12/h4-8,13-16H,9-11H2,1-3H3/q+1/t13-,14+,15-,16+/m0/s1. The molecule has 2 bridgehead atoms. The quantitative estimate of drug-likeness (QED) is 0.632. The van der Waals surface area contributed by atoms with Crippen LogP contribution in [0, 0.1) is 5.92 Å². The average molecular weight is 318 g/mol. The Hall–Kier alpha value is -1.88. The topological polar surface area (TPSA) is 52.6 Å². The Morgan fingerprint density at radius 1 is 1.13 bits per heavy atom. The summed E-state index contributed by atoms with van der Waals surface area (Å²) in [7, 11) is 5.72. The molecule has 1 aromatic carbocycles. The maximum atomic E-state index is 12.4. The molecule has 2 aliphatic rings. The first-order chi connectivity index (χ1) is 10.9. The number of piperidine rings is 1. The van der Waals surface area contributed by atoms with Crippen LogP contribution in [0.25, 0.3) is 0 Å². The van der Waals surface area contributed by atoms with Crippen LogP contribution in [-0.4, -0.2) is 55.8 Å². The van der Waals surface area contributed by atoms with Crippen molar-refractivity contribution < 1.29 is 23.5 Å². The van der Waals surface area contributed by atoms with E-state index in [1.54, 1.807) is 24.3 Å². The molecule has 5 heteroatoms. The van der Waals surface area contributed by atoms with Gasteiger partial charge in [0, 0.05) is 19.3 Å². The molecule has 0 unspecified atom stereocenters. The van der Waals surface area contributed by atoms with Crippen molar-refractivity contribution in [2.24, 2.45) is 5.92 Å². The summed E-state index contributed by atoms with van der Waals surface area (Å²) in [5.41, 5.74) is 0.516. The molecule has 23 heavy (non-hydrogen) atoms. The number of nitrogens with zero attached hydrogens (tertiary/aromatic N) is 1. The monoisotopic (exact) mass is 318 g/mol. The molecule has 0 N–H and O–H groups in total. The molecular weight excluding hydrogens is 294 g/mol. The van der Waals surface area contributed by atoms with Gasteiger partial charge in [0.1, 0.15) is 18.1 Å². The Morgan fingerprint density at radius 3 is 2.48 bits per heavy atom. The van der Waals surface area contributed by atoms with Crippen molar-refractivity contribution in [3.8, 4) is 0 Å². The summed E-state index contributed by atoms with van der Waals surface area (Å²) >= 11 is 0. The number of esters is 2. The minimum absolute atomic E-state index is 0.148. The maximum Gasteiger partial charge on any atom is 0.338 e. The van der Waals surface area contributed by atoms with E-state index in [4.69, 9.17) is 9.47 Å². The molecule has 124 valence electrons. The summed E-state index contributed by atoms with van der Waals surface area (Å²) in [6.45, 7) is 0. The van der Waals surface area contributed by atoms with Crippen LogP contribution in [0.15, 0.2) is 30.3 Å². The zero-order valence-corrected chi connectivity index (χ0v) is 13.9. The van der Waals surface area contributed by atoms with Gasteiger partial charge in [-0.25, -0.2) is 4.79 Å². The second-order valence-corrected chi connectivity index (χ2v) is 7.02. The average Bonchev–Trinajstić information content (AvgIpc) is 2.73. The van der Waals surface area contributed by atoms with E-state index in [2.05, 4.69) is 14.1 Å². The number of fused-ring (bicyclic) bond motifs is 2. The van der Waals surface area contributed by atoms with E-state index < -0.39 is 6.10 Å². The minimum atomic E-state index is -0.404. The SMILES string of the molecule is COC(=O)[C@H]1[C@@H](OC(=O)c2ccccc2)C[C@@H]2CC[C@H]1[N+]2(C)C. The molecule has 0 aromatic heterocycles. The Labute approximate surface area is 136 Å². The summed E-state index contributed by atoms with van der Waals surface area (Å²) in [6.07, 6.45) is 2.34. The van der Waals surface area contributed by atoms with Crippen LogP contribution in [0.2, 0.25) is 0 Å². The second kappa shape index (κ2) is 5.96. The molecule has 5 nitrogen and oxygen atoms in total. The molecule has 0 saturated carbocycles. The molecule has 2 saturated heterocycles. The molecule has 1 aromatic rings. The molecule has 0 spiro atoms. The summed E-state index contributed by atoms with van der Waals surface area (Å²) in [5, 5.41) is 0. The van der Waals surface area contributed by atoms with Gasteiger partial charge in [-0.3, -0.25) is 4.79 Å². The van der Waals surface area contributed by atoms with E-state index in [9.17, 15) is 9.59 Å². The number of quaternary nitrogens is 1. The third-order valence-electron chi connectivity index (χ3n) is 5.65. The number of benzene rings is 1. The van der Waals surface area contributed by atoms with Crippen LogP contribution in [0.1, 0.15) is 29.6 Å². The predicted molar refractivity (Wildman–Crippen MR) is 84.7 cm³/mol. The number of carbonyl (C=O) groups is 2. The lowest BCUT2D eigenvalue weighted by molar-refractivity contribution is -0.934. The van der Waals surface area contributed by atoms with Crippen LogP contribution in [-0.2, 0) is 14.3 Å². The highest BCUT2D eigenvalue weighted by molar-refractivity contribution is 5.89. The molecule has 2 aliphatic heterocycles. The molecule has 4 atom stereocenters. The van der Waals surface area contributed by atoms with Crippen LogP contribution < -0.4 is 0 Å². The molecule has 0 amide bonds. The Balaban J connectivity index is 1.83. The Kier molecular flexibility index (Phi) is 4.15. The number of carbonyl (C=O) groups excluding carboxylic acids is 2.